The SMILES string of the molecule is COc1ccc(NC(=O)C(c2ccc(OC)cc2)N2CCN(Cc3ccc(O)c4ncccc34)CC2)cc1. The van der Waals surface area contributed by atoms with Crippen molar-refractivity contribution in [2.24, 2.45) is 0 Å². The van der Waals surface area contributed by atoms with Crippen molar-refractivity contribution in [2.75, 3.05) is 45.7 Å². The van der Waals surface area contributed by atoms with E-state index in [0.29, 0.717) is 5.52 Å². The van der Waals surface area contributed by atoms with E-state index in [1.807, 2.05) is 66.7 Å². The van der Waals surface area contributed by atoms with Gasteiger partial charge in [-0.05, 0) is 59.7 Å². The van der Waals surface area contributed by atoms with Crippen molar-refractivity contribution in [3.8, 4) is 17.2 Å². The number of phenolic OH excluding ortho intramolecular Hbond substituents is 1. The van der Waals surface area contributed by atoms with E-state index in [9.17, 15) is 9.90 Å². The highest BCUT2D eigenvalue weighted by molar-refractivity contribution is 5.95. The summed E-state index contributed by atoms with van der Waals surface area (Å²) >= 11 is 0. The molecule has 0 saturated carbocycles. The fraction of sp³-hybridized carbons (Fsp3) is 0.267. The number of pyridine rings is 1. The lowest BCUT2D eigenvalue weighted by atomic mass is 10.0. The third-order valence-electron chi connectivity index (χ3n) is 7.04. The quantitative estimate of drug-likeness (QED) is 0.361. The van der Waals surface area contributed by atoms with E-state index in [1.54, 1.807) is 26.5 Å². The minimum absolute atomic E-state index is 0.0793. The van der Waals surface area contributed by atoms with Gasteiger partial charge in [0.25, 0.3) is 0 Å². The number of hydrogen-bond donors (Lipinski definition) is 2. The highest BCUT2D eigenvalue weighted by atomic mass is 16.5. The van der Waals surface area contributed by atoms with Crippen molar-refractivity contribution < 1.29 is 19.4 Å². The van der Waals surface area contributed by atoms with Crippen LogP contribution < -0.4 is 14.8 Å². The molecular weight excluding hydrogens is 480 g/mol. The summed E-state index contributed by atoms with van der Waals surface area (Å²) in [7, 11) is 3.25. The van der Waals surface area contributed by atoms with E-state index in [-0.39, 0.29) is 11.7 Å². The Bertz CT molecular complexity index is 1380. The largest absolute Gasteiger partial charge is 0.506 e. The van der Waals surface area contributed by atoms with Crippen LogP contribution in [0.1, 0.15) is 17.2 Å². The fourth-order valence-electron chi connectivity index (χ4n) is 4.97. The van der Waals surface area contributed by atoms with Gasteiger partial charge in [0.05, 0.1) is 14.2 Å². The smallest absolute Gasteiger partial charge is 0.246 e. The molecule has 8 heteroatoms. The van der Waals surface area contributed by atoms with Gasteiger partial charge in [-0.1, -0.05) is 24.3 Å². The summed E-state index contributed by atoms with van der Waals surface area (Å²) in [5, 5.41) is 14.2. The maximum absolute atomic E-state index is 13.6. The molecule has 1 aromatic heterocycles. The number of anilines is 1. The highest BCUT2D eigenvalue weighted by Crippen LogP contribution is 2.29. The minimum atomic E-state index is -0.441. The second-order valence-electron chi connectivity index (χ2n) is 9.35. The molecule has 0 bridgehead atoms. The zero-order chi connectivity index (χ0) is 26.5. The first-order chi connectivity index (χ1) is 18.6. The van der Waals surface area contributed by atoms with Gasteiger partial charge in [-0.3, -0.25) is 19.6 Å². The summed E-state index contributed by atoms with van der Waals surface area (Å²) < 4.78 is 10.6. The molecule has 8 nitrogen and oxygen atoms in total. The van der Waals surface area contributed by atoms with Gasteiger partial charge in [-0.25, -0.2) is 0 Å². The number of benzene rings is 3. The molecule has 1 fully saturated rings. The number of phenols is 1. The molecule has 3 aromatic carbocycles. The van der Waals surface area contributed by atoms with Crippen LogP contribution >= 0.6 is 0 Å². The van der Waals surface area contributed by atoms with Gasteiger partial charge >= 0.3 is 0 Å². The van der Waals surface area contributed by atoms with Crippen molar-refractivity contribution >= 4 is 22.5 Å². The molecule has 5 rings (SSSR count). The third kappa shape index (κ3) is 5.56. The van der Waals surface area contributed by atoms with Crippen LogP contribution in [0.2, 0.25) is 0 Å². The van der Waals surface area contributed by atoms with Gasteiger partial charge in [0.1, 0.15) is 28.8 Å². The Hall–Kier alpha value is -4.14. The first-order valence-electron chi connectivity index (χ1n) is 12.7. The Kier molecular flexibility index (Phi) is 7.72. The summed E-state index contributed by atoms with van der Waals surface area (Å²) in [4.78, 5) is 22.6. The normalized spacial score (nSPS) is 15.2. The molecular formula is C30H32N4O4. The second kappa shape index (κ2) is 11.5. The summed E-state index contributed by atoms with van der Waals surface area (Å²) in [5.41, 5.74) is 3.39. The molecule has 1 aliphatic rings. The maximum Gasteiger partial charge on any atom is 0.246 e. The van der Waals surface area contributed by atoms with Crippen LogP contribution in [0.5, 0.6) is 17.2 Å². The Morgan fingerprint density at radius 2 is 1.58 bits per heavy atom. The van der Waals surface area contributed by atoms with Crippen LogP contribution in [-0.2, 0) is 11.3 Å². The number of aromatic nitrogens is 1. The number of piperazine rings is 1. The van der Waals surface area contributed by atoms with Gasteiger partial charge in [-0.15, -0.1) is 0 Å². The summed E-state index contributed by atoms with van der Waals surface area (Å²) in [6, 6.07) is 22.2. The van der Waals surface area contributed by atoms with E-state index in [0.717, 1.165) is 66.4 Å². The summed E-state index contributed by atoms with van der Waals surface area (Å²) in [5.74, 6) is 1.61. The Labute approximate surface area is 222 Å². The molecule has 1 saturated heterocycles. The minimum Gasteiger partial charge on any atom is -0.506 e. The lowest BCUT2D eigenvalue weighted by molar-refractivity contribution is -0.122. The number of carbonyl (C=O) groups is 1. The Morgan fingerprint density at radius 1 is 0.921 bits per heavy atom. The van der Waals surface area contributed by atoms with E-state index in [1.165, 1.54) is 0 Å². The summed E-state index contributed by atoms with van der Waals surface area (Å²) in [6.45, 7) is 3.85. The molecule has 0 spiro atoms. The van der Waals surface area contributed by atoms with E-state index < -0.39 is 6.04 Å². The average Bonchev–Trinajstić information content (AvgIpc) is 2.96. The topological polar surface area (TPSA) is 87.2 Å². The number of nitrogens with zero attached hydrogens (tertiary/aromatic N) is 3. The Balaban J connectivity index is 1.31. The van der Waals surface area contributed by atoms with Gasteiger partial charge in [0, 0.05) is 50.0 Å². The maximum atomic E-state index is 13.6. The average molecular weight is 513 g/mol. The molecule has 38 heavy (non-hydrogen) atoms. The van der Waals surface area contributed by atoms with Crippen LogP contribution in [0.15, 0.2) is 79.0 Å². The van der Waals surface area contributed by atoms with Crippen molar-refractivity contribution in [3.63, 3.8) is 0 Å². The molecule has 2 heterocycles. The first-order valence-corrected chi connectivity index (χ1v) is 12.7. The molecule has 1 atom stereocenters. The van der Waals surface area contributed by atoms with Crippen LogP contribution in [0, 0.1) is 0 Å². The van der Waals surface area contributed by atoms with Crippen LogP contribution in [-0.4, -0.2) is 66.2 Å². The number of hydrogen-bond acceptors (Lipinski definition) is 7. The lowest BCUT2D eigenvalue weighted by Gasteiger charge is -2.39. The Morgan fingerprint density at radius 3 is 2.24 bits per heavy atom. The lowest BCUT2D eigenvalue weighted by Crippen LogP contribution is -2.49. The van der Waals surface area contributed by atoms with Crippen LogP contribution in [0.4, 0.5) is 5.69 Å². The van der Waals surface area contributed by atoms with E-state index in [2.05, 4.69) is 20.1 Å². The second-order valence-corrected chi connectivity index (χ2v) is 9.35. The number of fused-ring (bicyclic) bond motifs is 1. The molecule has 196 valence electrons. The number of rotatable bonds is 8. The number of aromatic hydroxyl groups is 1. The number of carbonyl (C=O) groups excluding carboxylic acids is 1. The van der Waals surface area contributed by atoms with Crippen molar-refractivity contribution in [1.82, 2.24) is 14.8 Å². The zero-order valence-electron chi connectivity index (χ0n) is 21.6. The van der Waals surface area contributed by atoms with E-state index in [4.69, 9.17) is 9.47 Å². The number of ether oxygens (including phenoxy) is 2. The predicted molar refractivity (Wildman–Crippen MR) is 148 cm³/mol. The highest BCUT2D eigenvalue weighted by Gasteiger charge is 2.31. The zero-order valence-corrected chi connectivity index (χ0v) is 21.6. The first kappa shape index (κ1) is 25.5. The fourth-order valence-corrected chi connectivity index (χ4v) is 4.97. The van der Waals surface area contributed by atoms with Crippen molar-refractivity contribution in [3.05, 3.63) is 90.1 Å². The molecule has 0 radical (unpaired) electrons. The van der Waals surface area contributed by atoms with Crippen LogP contribution in [0.25, 0.3) is 10.9 Å². The predicted octanol–water partition coefficient (Wildman–Crippen LogP) is 4.46. The van der Waals surface area contributed by atoms with Crippen molar-refractivity contribution in [2.45, 2.75) is 12.6 Å². The molecule has 1 aliphatic heterocycles. The van der Waals surface area contributed by atoms with Gasteiger partial charge < -0.3 is 19.9 Å². The third-order valence-corrected chi connectivity index (χ3v) is 7.04. The molecule has 0 aliphatic carbocycles. The molecule has 2 N–H and O–H groups in total. The molecule has 1 amide bonds. The summed E-state index contributed by atoms with van der Waals surface area (Å²) in [6.07, 6.45) is 1.70. The number of methoxy groups -OCH3 is 2. The van der Waals surface area contributed by atoms with Crippen molar-refractivity contribution in [1.29, 1.82) is 0 Å². The number of nitrogens with one attached hydrogen (secondary N) is 1. The van der Waals surface area contributed by atoms with Gasteiger partial charge in [-0.2, -0.15) is 0 Å². The van der Waals surface area contributed by atoms with E-state index >= 15 is 0 Å². The number of amides is 1. The van der Waals surface area contributed by atoms with Crippen LogP contribution in [0.3, 0.4) is 0 Å². The standard InChI is InChI=1S/C30H32N4O4/c1-37-24-10-5-21(6-11-24)29(30(36)32-23-8-12-25(38-2)13-9-23)34-18-16-33(17-19-34)20-22-7-14-27(35)28-26(22)4-3-15-31-28/h3-15,29,35H,16-20H2,1-2H3,(H,32,36). The van der Waals surface area contributed by atoms with Gasteiger partial charge in [0.2, 0.25) is 5.91 Å². The monoisotopic (exact) mass is 512 g/mol. The molecule has 4 aromatic rings. The van der Waals surface area contributed by atoms with Gasteiger partial charge in [0.15, 0.2) is 0 Å². The molecule has 1 unspecified atom stereocenters.